The van der Waals surface area contributed by atoms with Gasteiger partial charge in [-0.1, -0.05) is 27.7 Å². The summed E-state index contributed by atoms with van der Waals surface area (Å²) < 4.78 is 5.61. The highest BCUT2D eigenvalue weighted by Crippen LogP contribution is 2.73. The SMILES string of the molecule is CC(=O)O[C@@H]1C[C@@H](O)C(C)(C)[C@H]2[C@@H]3[C@@H](C)C[C@@H](O)[C@H]2[C@@]31C. The van der Waals surface area contributed by atoms with Gasteiger partial charge in [0.15, 0.2) is 0 Å². The van der Waals surface area contributed by atoms with Gasteiger partial charge >= 0.3 is 5.97 Å². The van der Waals surface area contributed by atoms with Crippen LogP contribution in [-0.2, 0) is 9.53 Å². The van der Waals surface area contributed by atoms with Gasteiger partial charge in [0.05, 0.1) is 12.2 Å². The standard InChI is InChI=1S/C17H28O4/c1-8-6-10(19)14-15-13(8)17(14,5)12(21-9(2)18)7-11(20)16(15,3)4/h8,10-15,19-20H,6-7H2,1-5H3/t8-,10+,11+,12+,13-,14+,15-,17+/m0/s1. The summed E-state index contributed by atoms with van der Waals surface area (Å²) in [6.45, 7) is 9.97. The normalized spacial score (nSPS) is 54.3. The van der Waals surface area contributed by atoms with Crippen LogP contribution in [0.4, 0.5) is 0 Å². The first kappa shape index (κ1) is 15.3. The monoisotopic (exact) mass is 296 g/mol. The maximum atomic E-state index is 11.5. The first-order valence-corrected chi connectivity index (χ1v) is 8.15. The Labute approximate surface area is 126 Å². The third-order valence-electron chi connectivity index (χ3n) is 7.01. The van der Waals surface area contributed by atoms with Crippen molar-refractivity contribution in [2.45, 2.75) is 65.8 Å². The van der Waals surface area contributed by atoms with Gasteiger partial charge in [-0.05, 0) is 35.5 Å². The molecular weight excluding hydrogens is 268 g/mol. The van der Waals surface area contributed by atoms with Crippen molar-refractivity contribution in [1.82, 2.24) is 0 Å². The van der Waals surface area contributed by atoms with Crippen LogP contribution in [0.3, 0.4) is 0 Å². The van der Waals surface area contributed by atoms with Gasteiger partial charge in [-0.2, -0.15) is 0 Å². The second-order valence-electron chi connectivity index (χ2n) is 8.39. The number of carbonyl (C=O) groups is 1. The van der Waals surface area contributed by atoms with Crippen LogP contribution in [0.5, 0.6) is 0 Å². The third-order valence-corrected chi connectivity index (χ3v) is 7.01. The van der Waals surface area contributed by atoms with E-state index in [1.807, 2.05) is 0 Å². The zero-order valence-electron chi connectivity index (χ0n) is 13.7. The Morgan fingerprint density at radius 2 is 1.71 bits per heavy atom. The predicted octanol–water partition coefficient (Wildman–Crippen LogP) is 1.98. The maximum Gasteiger partial charge on any atom is 0.302 e. The van der Waals surface area contributed by atoms with E-state index in [2.05, 4.69) is 27.7 Å². The number of rotatable bonds is 1. The summed E-state index contributed by atoms with van der Waals surface area (Å²) in [5, 5.41) is 21.3. The minimum Gasteiger partial charge on any atom is -0.462 e. The summed E-state index contributed by atoms with van der Waals surface area (Å²) >= 11 is 0. The highest BCUT2D eigenvalue weighted by atomic mass is 16.5. The number of esters is 1. The quantitative estimate of drug-likeness (QED) is 0.726. The van der Waals surface area contributed by atoms with Crippen molar-refractivity contribution >= 4 is 5.97 Å². The molecule has 8 atom stereocenters. The average molecular weight is 296 g/mol. The largest absolute Gasteiger partial charge is 0.462 e. The third kappa shape index (κ3) is 1.78. The number of ether oxygens (including phenoxy) is 1. The number of aliphatic hydroxyl groups excluding tert-OH is 2. The van der Waals surface area contributed by atoms with Gasteiger partial charge in [-0.25, -0.2) is 0 Å². The molecule has 0 unspecified atom stereocenters. The lowest BCUT2D eigenvalue weighted by Gasteiger charge is -2.70. The van der Waals surface area contributed by atoms with E-state index in [1.165, 1.54) is 6.92 Å². The number of carbonyl (C=O) groups excluding carboxylic acids is 1. The molecule has 0 amide bonds. The first-order chi connectivity index (χ1) is 9.61. The summed E-state index contributed by atoms with van der Waals surface area (Å²) in [7, 11) is 0. The molecule has 0 radical (unpaired) electrons. The Kier molecular flexibility index (Phi) is 3.24. The van der Waals surface area contributed by atoms with E-state index in [9.17, 15) is 15.0 Å². The fourth-order valence-corrected chi connectivity index (χ4v) is 6.11. The van der Waals surface area contributed by atoms with E-state index in [0.29, 0.717) is 24.2 Å². The second-order valence-corrected chi connectivity index (χ2v) is 8.39. The van der Waals surface area contributed by atoms with Crippen LogP contribution in [0.2, 0.25) is 0 Å². The van der Waals surface area contributed by atoms with Crippen LogP contribution in [0.25, 0.3) is 0 Å². The highest BCUT2D eigenvalue weighted by Gasteiger charge is 2.74. The molecule has 0 aromatic carbocycles. The van der Waals surface area contributed by atoms with E-state index in [-0.39, 0.29) is 34.9 Å². The van der Waals surface area contributed by atoms with Gasteiger partial charge in [-0.3, -0.25) is 4.79 Å². The smallest absolute Gasteiger partial charge is 0.302 e. The molecule has 3 rings (SSSR count). The lowest BCUT2D eigenvalue weighted by atomic mass is 9.35. The zero-order valence-corrected chi connectivity index (χ0v) is 13.7. The molecule has 0 heterocycles. The van der Waals surface area contributed by atoms with Crippen molar-refractivity contribution < 1.29 is 19.7 Å². The van der Waals surface area contributed by atoms with Gasteiger partial charge < -0.3 is 14.9 Å². The molecule has 0 saturated heterocycles. The van der Waals surface area contributed by atoms with Crippen LogP contribution in [0.1, 0.15) is 47.5 Å². The molecule has 21 heavy (non-hydrogen) atoms. The highest BCUT2D eigenvalue weighted by molar-refractivity contribution is 5.66. The molecule has 0 aromatic heterocycles. The summed E-state index contributed by atoms with van der Waals surface area (Å²) in [6, 6.07) is 0. The summed E-state index contributed by atoms with van der Waals surface area (Å²) in [5.41, 5.74) is -0.457. The molecule has 4 bridgehead atoms. The van der Waals surface area contributed by atoms with Crippen molar-refractivity contribution in [2.75, 3.05) is 0 Å². The van der Waals surface area contributed by atoms with Crippen molar-refractivity contribution in [3.63, 3.8) is 0 Å². The van der Waals surface area contributed by atoms with Crippen LogP contribution in [0, 0.1) is 34.5 Å². The van der Waals surface area contributed by atoms with Crippen molar-refractivity contribution in [1.29, 1.82) is 0 Å². The van der Waals surface area contributed by atoms with Gasteiger partial charge in [0.1, 0.15) is 6.10 Å². The molecule has 0 aromatic rings. The minimum atomic E-state index is -0.501. The minimum absolute atomic E-state index is 0.121. The second kappa shape index (κ2) is 4.45. The molecule has 4 heteroatoms. The Balaban J connectivity index is 2.07. The van der Waals surface area contributed by atoms with Crippen LogP contribution in [0.15, 0.2) is 0 Å². The van der Waals surface area contributed by atoms with Gasteiger partial charge in [0.25, 0.3) is 0 Å². The van der Waals surface area contributed by atoms with Crippen molar-refractivity contribution in [3.05, 3.63) is 0 Å². The summed E-state index contributed by atoms with van der Waals surface area (Å²) in [4.78, 5) is 11.5. The van der Waals surface area contributed by atoms with Gasteiger partial charge in [0.2, 0.25) is 0 Å². The molecule has 0 aliphatic heterocycles. The molecule has 2 N–H and O–H groups in total. The Bertz CT molecular complexity index is 442. The number of hydrogen-bond acceptors (Lipinski definition) is 4. The molecule has 120 valence electrons. The Morgan fingerprint density at radius 1 is 1.10 bits per heavy atom. The van der Waals surface area contributed by atoms with E-state index in [4.69, 9.17) is 4.74 Å². The number of fused-ring (bicyclic) bond motifs is 1. The van der Waals surface area contributed by atoms with E-state index < -0.39 is 6.10 Å². The lowest BCUT2D eigenvalue weighted by molar-refractivity contribution is -0.282. The van der Waals surface area contributed by atoms with Gasteiger partial charge in [-0.15, -0.1) is 0 Å². The van der Waals surface area contributed by atoms with E-state index in [1.54, 1.807) is 0 Å². The van der Waals surface area contributed by atoms with Crippen LogP contribution < -0.4 is 0 Å². The molecule has 0 spiro atoms. The van der Waals surface area contributed by atoms with Crippen LogP contribution in [-0.4, -0.2) is 34.5 Å². The Morgan fingerprint density at radius 3 is 2.24 bits per heavy atom. The maximum absolute atomic E-state index is 11.5. The number of hydrogen-bond donors (Lipinski definition) is 2. The first-order valence-electron chi connectivity index (χ1n) is 8.15. The fraction of sp³-hybridized carbons (Fsp3) is 0.941. The fourth-order valence-electron chi connectivity index (χ4n) is 6.11. The van der Waals surface area contributed by atoms with Crippen molar-refractivity contribution in [3.8, 4) is 0 Å². The number of aliphatic hydroxyl groups is 2. The molecule has 3 fully saturated rings. The van der Waals surface area contributed by atoms with Gasteiger partial charge in [0, 0.05) is 18.8 Å². The Hall–Kier alpha value is -0.610. The zero-order chi connectivity index (χ0) is 15.7. The van der Waals surface area contributed by atoms with Crippen LogP contribution >= 0.6 is 0 Å². The summed E-state index contributed by atoms with van der Waals surface area (Å²) in [6.07, 6.45) is 0.142. The predicted molar refractivity (Wildman–Crippen MR) is 78.3 cm³/mol. The molecule has 4 nitrogen and oxygen atoms in total. The molecule has 3 aliphatic carbocycles. The van der Waals surface area contributed by atoms with E-state index in [0.717, 1.165) is 6.42 Å². The topological polar surface area (TPSA) is 66.8 Å². The van der Waals surface area contributed by atoms with Crippen molar-refractivity contribution in [2.24, 2.45) is 34.5 Å². The molecule has 3 aliphatic rings. The summed E-state index contributed by atoms with van der Waals surface area (Å²) in [5.74, 6) is 0.925. The van der Waals surface area contributed by atoms with E-state index >= 15 is 0 Å². The lowest BCUT2D eigenvalue weighted by Crippen LogP contribution is -2.71. The average Bonchev–Trinajstić information content (AvgIpc) is 2.41. The molecular formula is C17H28O4. The molecule has 3 saturated carbocycles.